The Bertz CT molecular complexity index is 2270. The number of aromatic nitrogens is 4. The Kier molecular flexibility index (Phi) is 8.26. The maximum absolute atomic E-state index is 14.6. The number of ether oxygens (including phenoxy) is 1. The summed E-state index contributed by atoms with van der Waals surface area (Å²) in [5.74, 6) is 1.20. The van der Waals surface area contributed by atoms with Gasteiger partial charge < -0.3 is 19.4 Å². The molecule has 0 bridgehead atoms. The minimum Gasteiger partial charge on any atom is -0.496 e. The Morgan fingerprint density at radius 1 is 1.04 bits per heavy atom. The molecule has 1 unspecified atom stereocenters. The van der Waals surface area contributed by atoms with E-state index in [1.807, 2.05) is 17.9 Å². The molecule has 254 valence electrons. The Balaban J connectivity index is 1.27. The zero-order chi connectivity index (χ0) is 34.5. The van der Waals surface area contributed by atoms with Crippen molar-refractivity contribution in [2.75, 3.05) is 19.0 Å². The van der Waals surface area contributed by atoms with Crippen molar-refractivity contribution in [1.82, 2.24) is 25.1 Å². The molecule has 1 aliphatic heterocycles. The van der Waals surface area contributed by atoms with E-state index in [1.165, 1.54) is 29.5 Å². The van der Waals surface area contributed by atoms with E-state index in [2.05, 4.69) is 21.6 Å². The van der Waals surface area contributed by atoms with Crippen LogP contribution in [0.3, 0.4) is 0 Å². The van der Waals surface area contributed by atoms with Gasteiger partial charge in [0.05, 0.1) is 46.9 Å². The molecule has 1 amide bonds. The van der Waals surface area contributed by atoms with Crippen molar-refractivity contribution in [3.63, 3.8) is 0 Å². The number of hydrogen-bond acceptors (Lipinski definition) is 9. The summed E-state index contributed by atoms with van der Waals surface area (Å²) >= 11 is 1.52. The van der Waals surface area contributed by atoms with Gasteiger partial charge in [0.2, 0.25) is 11.8 Å². The molecule has 2 aromatic carbocycles. The average molecular weight is 693 g/mol. The van der Waals surface area contributed by atoms with Crippen LogP contribution in [0.2, 0.25) is 0 Å². The normalized spacial score (nSPS) is 15.2. The molecule has 0 fully saturated rings. The van der Waals surface area contributed by atoms with E-state index in [0.717, 1.165) is 56.6 Å². The lowest BCUT2D eigenvalue weighted by Gasteiger charge is -2.16. The lowest BCUT2D eigenvalue weighted by atomic mass is 9.94. The van der Waals surface area contributed by atoms with Crippen LogP contribution in [-0.2, 0) is 25.8 Å². The highest BCUT2D eigenvalue weighted by Crippen LogP contribution is 2.47. The van der Waals surface area contributed by atoms with Gasteiger partial charge in [-0.3, -0.25) is 9.78 Å². The molecule has 0 radical (unpaired) electrons. The maximum Gasteiger partial charge on any atom is 0.256 e. The number of carbonyl (C=O) groups is 1. The topological polar surface area (TPSA) is 106 Å². The predicted octanol–water partition coefficient (Wildman–Crippen LogP) is 8.25. The number of aryl methyl sites for hydroxylation is 3. The zero-order valence-electron chi connectivity index (χ0n) is 27.8. The molecule has 5 heterocycles. The molecule has 1 aliphatic carbocycles. The van der Waals surface area contributed by atoms with Crippen molar-refractivity contribution in [2.45, 2.75) is 58.5 Å². The summed E-state index contributed by atoms with van der Waals surface area (Å²) in [6, 6.07) is 13.3. The second-order valence-corrected chi connectivity index (χ2v) is 13.8. The highest BCUT2D eigenvalue weighted by atomic mass is 32.1. The molecule has 4 aromatic heterocycles. The quantitative estimate of drug-likeness (QED) is 0.153. The molecule has 1 atom stereocenters. The highest BCUT2D eigenvalue weighted by molar-refractivity contribution is 7.23. The molecular weight excluding hydrogens is 659 g/mol. The number of benzene rings is 2. The summed E-state index contributed by atoms with van der Waals surface area (Å²) in [7, 11) is 1.56. The number of nitrogens with one attached hydrogen (secondary N) is 1. The van der Waals surface area contributed by atoms with Crippen LogP contribution >= 0.6 is 11.3 Å². The third kappa shape index (κ3) is 5.67. The Morgan fingerprint density at radius 3 is 2.64 bits per heavy atom. The molecule has 8 rings (SSSR count). The first-order chi connectivity index (χ1) is 24.3. The van der Waals surface area contributed by atoms with E-state index in [1.54, 1.807) is 38.4 Å². The fourth-order valence-electron chi connectivity index (χ4n) is 7.21. The standard InChI is InChI=1S/C38H34F2N6O3S/c1-4-15-46-19-29-33(38(46)47)34(32(37-45-44-20(2)49-37)28(42-29)11-7-21-5-8-23(39)9-6-21)31-16-22-13-14-41-36(35(22)50-31)43-27-12-10-25-26(27)17-24(40)18-30(25)48-3/h5-6,8-9,13-14,16-18,27H,4,7,10-12,15,19H2,1-3H3,(H,41,43). The van der Waals surface area contributed by atoms with Crippen LogP contribution in [0.1, 0.15) is 70.1 Å². The van der Waals surface area contributed by atoms with Crippen LogP contribution in [0, 0.1) is 18.6 Å². The Morgan fingerprint density at radius 2 is 1.88 bits per heavy atom. The Hall–Kier alpha value is -5.23. The molecule has 50 heavy (non-hydrogen) atoms. The third-order valence-electron chi connectivity index (χ3n) is 9.46. The van der Waals surface area contributed by atoms with Crippen LogP contribution in [-0.4, -0.2) is 44.6 Å². The van der Waals surface area contributed by atoms with Gasteiger partial charge in [-0.15, -0.1) is 21.5 Å². The molecule has 0 saturated carbocycles. The fourth-order valence-corrected chi connectivity index (χ4v) is 8.37. The number of amides is 1. The van der Waals surface area contributed by atoms with Crippen LogP contribution in [0.15, 0.2) is 59.1 Å². The van der Waals surface area contributed by atoms with Crippen molar-refractivity contribution in [3.8, 4) is 27.6 Å². The number of pyridine rings is 2. The van der Waals surface area contributed by atoms with E-state index in [0.29, 0.717) is 65.8 Å². The van der Waals surface area contributed by atoms with Crippen molar-refractivity contribution in [2.24, 2.45) is 0 Å². The van der Waals surface area contributed by atoms with Crippen molar-refractivity contribution >= 4 is 33.1 Å². The predicted molar refractivity (Wildman–Crippen MR) is 187 cm³/mol. The summed E-state index contributed by atoms with van der Waals surface area (Å²) in [5.41, 5.74) is 6.13. The molecule has 9 nitrogen and oxygen atoms in total. The molecular formula is C38H34F2N6O3S. The molecule has 6 aromatic rings. The van der Waals surface area contributed by atoms with Gasteiger partial charge in [-0.2, -0.15) is 0 Å². The van der Waals surface area contributed by atoms with Crippen molar-refractivity contribution in [3.05, 3.63) is 106 Å². The molecule has 1 N–H and O–H groups in total. The van der Waals surface area contributed by atoms with E-state index < -0.39 is 0 Å². The third-order valence-corrected chi connectivity index (χ3v) is 10.6. The summed E-state index contributed by atoms with van der Waals surface area (Å²) in [4.78, 5) is 26.6. The van der Waals surface area contributed by atoms with E-state index in [9.17, 15) is 13.6 Å². The largest absolute Gasteiger partial charge is 0.496 e. The fraction of sp³-hybridized carbons (Fsp3) is 0.289. The van der Waals surface area contributed by atoms with Gasteiger partial charge in [0, 0.05) is 36.2 Å². The SMILES string of the molecule is CCCN1Cc2nc(CCc3ccc(F)cc3)c(-c3nnc(C)o3)c(-c3cc4ccnc(NC5CCc6c(OC)cc(F)cc65)c4s3)c2C1=O. The second kappa shape index (κ2) is 12.9. The van der Waals surface area contributed by atoms with Crippen LogP contribution in [0.25, 0.3) is 32.0 Å². The maximum atomic E-state index is 14.6. The minimum atomic E-state index is -0.341. The minimum absolute atomic E-state index is 0.0839. The van der Waals surface area contributed by atoms with Gasteiger partial charge in [0.25, 0.3) is 5.91 Å². The van der Waals surface area contributed by atoms with Gasteiger partial charge in [0.15, 0.2) is 0 Å². The zero-order valence-corrected chi connectivity index (χ0v) is 28.7. The van der Waals surface area contributed by atoms with Gasteiger partial charge in [-0.1, -0.05) is 19.1 Å². The average Bonchev–Trinajstić information content (AvgIpc) is 3.90. The highest BCUT2D eigenvalue weighted by Gasteiger charge is 2.36. The first-order valence-corrected chi connectivity index (χ1v) is 17.5. The first kappa shape index (κ1) is 32.0. The van der Waals surface area contributed by atoms with E-state index in [4.69, 9.17) is 19.1 Å². The van der Waals surface area contributed by atoms with Crippen molar-refractivity contribution < 1.29 is 22.7 Å². The second-order valence-electron chi connectivity index (χ2n) is 12.7. The smallest absolute Gasteiger partial charge is 0.256 e. The summed E-state index contributed by atoms with van der Waals surface area (Å²) in [6.07, 6.45) is 5.19. The Labute approximate surface area is 291 Å². The van der Waals surface area contributed by atoms with Crippen LogP contribution < -0.4 is 10.1 Å². The number of hydrogen-bond donors (Lipinski definition) is 1. The number of methoxy groups -OCH3 is 1. The summed E-state index contributed by atoms with van der Waals surface area (Å²) in [5, 5.41) is 13.1. The van der Waals surface area contributed by atoms with Crippen molar-refractivity contribution in [1.29, 1.82) is 0 Å². The molecule has 0 saturated heterocycles. The summed E-state index contributed by atoms with van der Waals surface area (Å²) < 4.78 is 40.7. The van der Waals surface area contributed by atoms with Gasteiger partial charge in [-0.25, -0.2) is 13.8 Å². The van der Waals surface area contributed by atoms with Gasteiger partial charge in [-0.05, 0) is 84.5 Å². The number of rotatable bonds is 10. The number of carbonyl (C=O) groups excluding carboxylic acids is 1. The van der Waals surface area contributed by atoms with Crippen LogP contribution in [0.5, 0.6) is 5.75 Å². The van der Waals surface area contributed by atoms with Crippen LogP contribution in [0.4, 0.5) is 14.6 Å². The van der Waals surface area contributed by atoms with Gasteiger partial charge in [0.1, 0.15) is 23.2 Å². The monoisotopic (exact) mass is 692 g/mol. The van der Waals surface area contributed by atoms with E-state index >= 15 is 0 Å². The lowest BCUT2D eigenvalue weighted by molar-refractivity contribution is 0.0778. The summed E-state index contributed by atoms with van der Waals surface area (Å²) in [6.45, 7) is 4.79. The number of fused-ring (bicyclic) bond motifs is 3. The van der Waals surface area contributed by atoms with E-state index in [-0.39, 0.29) is 29.5 Å². The number of thiophene rings is 1. The number of anilines is 1. The number of halogens is 2. The number of nitrogens with zero attached hydrogens (tertiary/aromatic N) is 5. The molecule has 12 heteroatoms. The first-order valence-electron chi connectivity index (χ1n) is 16.7. The lowest BCUT2D eigenvalue weighted by Crippen LogP contribution is -2.24. The molecule has 0 spiro atoms. The van der Waals surface area contributed by atoms with Gasteiger partial charge >= 0.3 is 0 Å². The molecule has 2 aliphatic rings.